The van der Waals surface area contributed by atoms with Crippen molar-refractivity contribution in [1.29, 1.82) is 0 Å². The smallest absolute Gasteiger partial charge is 0.339 e. The minimum atomic E-state index is -1.16. The first-order valence-electron chi connectivity index (χ1n) is 13.7. The summed E-state index contributed by atoms with van der Waals surface area (Å²) in [6.45, 7) is 0.660. The number of methoxy groups -OCH3 is 1. The highest BCUT2D eigenvalue weighted by Crippen LogP contribution is 2.48. The molecule has 11 heteroatoms. The molecular formula is C31H29Cl2FN4O4. The number of aliphatic imine (C=N–C) groups is 1. The zero-order valence-electron chi connectivity index (χ0n) is 22.7. The van der Waals surface area contributed by atoms with Gasteiger partial charge >= 0.3 is 5.97 Å². The van der Waals surface area contributed by atoms with E-state index in [0.29, 0.717) is 46.4 Å². The number of anilines is 2. The molecule has 1 saturated carbocycles. The molecule has 1 unspecified atom stereocenters. The van der Waals surface area contributed by atoms with Crippen molar-refractivity contribution in [2.24, 2.45) is 10.9 Å². The zero-order valence-corrected chi connectivity index (χ0v) is 24.2. The third kappa shape index (κ3) is 5.10. The lowest BCUT2D eigenvalue weighted by Gasteiger charge is -2.31. The van der Waals surface area contributed by atoms with Crippen LogP contribution >= 0.6 is 23.2 Å². The molecule has 3 aliphatic rings. The maximum atomic E-state index is 15.7. The standard InChI is InChI=1S/C31H29Cl2FN4O4/c1-42-29-20(31(40)41)11-10-18(26(29)35)22-13-23-27(37-22)24(19-6-3-7-21(33)25(19)34)28(38(23)14-15-8-9-15)30(39)36-17-5-2-4-16(32)12-17/h2-7,10-12,15,23-24,27-28H,8-9,13-14,35H2,1H3,(H,36,39)(H,40,41)/t23?,24-,27+,28+/m0/s1. The number of carboxylic acid groups (broad SMARTS) is 1. The number of halogens is 3. The molecule has 4 atom stereocenters. The summed E-state index contributed by atoms with van der Waals surface area (Å²) in [6.07, 6.45) is 2.55. The lowest BCUT2D eigenvalue weighted by molar-refractivity contribution is -0.121. The molecule has 1 amide bonds. The summed E-state index contributed by atoms with van der Waals surface area (Å²) in [5.41, 5.74) is 8.61. The van der Waals surface area contributed by atoms with Gasteiger partial charge in [-0.1, -0.05) is 41.4 Å². The van der Waals surface area contributed by atoms with E-state index < -0.39 is 29.8 Å². The number of carboxylic acids is 1. The minimum Gasteiger partial charge on any atom is -0.494 e. The van der Waals surface area contributed by atoms with Gasteiger partial charge in [-0.2, -0.15) is 0 Å². The predicted octanol–water partition coefficient (Wildman–Crippen LogP) is 5.87. The van der Waals surface area contributed by atoms with Crippen molar-refractivity contribution in [3.8, 4) is 5.75 Å². The Labute approximate surface area is 252 Å². The Hall–Kier alpha value is -3.66. The third-order valence-electron chi connectivity index (χ3n) is 8.40. The second-order valence-electron chi connectivity index (χ2n) is 11.0. The van der Waals surface area contributed by atoms with E-state index in [-0.39, 0.29) is 34.0 Å². The number of carbonyl (C=O) groups excluding carboxylic acids is 1. The van der Waals surface area contributed by atoms with Crippen molar-refractivity contribution in [3.05, 3.63) is 87.2 Å². The van der Waals surface area contributed by atoms with Gasteiger partial charge in [-0.3, -0.25) is 14.7 Å². The van der Waals surface area contributed by atoms with E-state index in [1.807, 2.05) is 0 Å². The van der Waals surface area contributed by atoms with Crippen LogP contribution in [-0.2, 0) is 4.79 Å². The van der Waals surface area contributed by atoms with Gasteiger partial charge in [0.25, 0.3) is 0 Å². The molecule has 3 aromatic carbocycles. The molecule has 42 heavy (non-hydrogen) atoms. The predicted molar refractivity (Wildman–Crippen MR) is 161 cm³/mol. The SMILES string of the molecule is COc1c(C(=O)O)ccc(C2=N[C@@H]3C(C2)N(CC2CC2)[C@@H](C(=O)Nc2cccc(Cl)c2)[C@H]3c2cccc(Cl)c2F)c1N. The quantitative estimate of drug-likeness (QED) is 0.275. The van der Waals surface area contributed by atoms with Gasteiger partial charge in [-0.15, -0.1) is 0 Å². The Kier molecular flexibility index (Phi) is 7.59. The van der Waals surface area contributed by atoms with E-state index in [4.69, 9.17) is 38.7 Å². The summed E-state index contributed by atoms with van der Waals surface area (Å²) in [5.74, 6) is -2.17. The van der Waals surface area contributed by atoms with E-state index in [9.17, 15) is 14.7 Å². The van der Waals surface area contributed by atoms with Gasteiger partial charge in [-0.05, 0) is 60.7 Å². The van der Waals surface area contributed by atoms with Crippen molar-refractivity contribution in [1.82, 2.24) is 4.90 Å². The average molecular weight is 612 g/mol. The first-order valence-corrected chi connectivity index (χ1v) is 14.5. The van der Waals surface area contributed by atoms with E-state index >= 15 is 4.39 Å². The Bertz CT molecular complexity index is 1610. The van der Waals surface area contributed by atoms with Crippen LogP contribution < -0.4 is 15.8 Å². The molecule has 6 rings (SSSR count). The monoisotopic (exact) mass is 610 g/mol. The normalized spacial score (nSPS) is 23.4. The summed E-state index contributed by atoms with van der Waals surface area (Å²) in [6, 6.07) is 13.4. The molecule has 1 aliphatic carbocycles. The molecule has 218 valence electrons. The van der Waals surface area contributed by atoms with Crippen LogP contribution in [0.5, 0.6) is 5.75 Å². The highest BCUT2D eigenvalue weighted by atomic mass is 35.5. The lowest BCUT2D eigenvalue weighted by atomic mass is 9.86. The van der Waals surface area contributed by atoms with E-state index in [1.54, 1.807) is 42.5 Å². The second-order valence-corrected chi connectivity index (χ2v) is 11.8. The molecule has 0 spiro atoms. The van der Waals surface area contributed by atoms with Crippen molar-refractivity contribution in [3.63, 3.8) is 0 Å². The van der Waals surface area contributed by atoms with Gasteiger partial charge in [0.2, 0.25) is 5.91 Å². The number of hydrogen-bond acceptors (Lipinski definition) is 6. The first kappa shape index (κ1) is 28.5. The van der Waals surface area contributed by atoms with E-state index in [0.717, 1.165) is 12.8 Å². The van der Waals surface area contributed by atoms with Gasteiger partial charge in [0.1, 0.15) is 11.4 Å². The number of carbonyl (C=O) groups is 2. The molecule has 2 aliphatic heterocycles. The highest BCUT2D eigenvalue weighted by Gasteiger charge is 2.56. The maximum absolute atomic E-state index is 15.7. The fourth-order valence-corrected chi connectivity index (χ4v) is 6.74. The molecule has 3 aromatic rings. The number of nitrogens with one attached hydrogen (secondary N) is 1. The summed E-state index contributed by atoms with van der Waals surface area (Å²) in [4.78, 5) is 33.0. The topological polar surface area (TPSA) is 117 Å². The number of ether oxygens (including phenoxy) is 1. The van der Waals surface area contributed by atoms with Crippen LogP contribution in [-0.4, -0.2) is 59.4 Å². The van der Waals surface area contributed by atoms with Gasteiger partial charge in [0, 0.05) is 46.9 Å². The van der Waals surface area contributed by atoms with Crippen molar-refractivity contribution in [2.75, 3.05) is 24.7 Å². The molecule has 0 radical (unpaired) electrons. The van der Waals surface area contributed by atoms with Crippen LogP contribution in [0.3, 0.4) is 0 Å². The number of nitrogens with two attached hydrogens (primary N) is 1. The number of amides is 1. The largest absolute Gasteiger partial charge is 0.494 e. The van der Waals surface area contributed by atoms with Crippen LogP contribution in [0.2, 0.25) is 10.0 Å². The first-order chi connectivity index (χ1) is 20.2. The van der Waals surface area contributed by atoms with Crippen LogP contribution in [0.1, 0.15) is 46.7 Å². The van der Waals surface area contributed by atoms with E-state index in [2.05, 4.69) is 10.2 Å². The molecule has 1 saturated heterocycles. The number of aromatic carboxylic acids is 1. The number of nitrogen functional groups attached to an aromatic ring is 1. The molecule has 8 nitrogen and oxygen atoms in total. The molecule has 4 N–H and O–H groups in total. The number of hydrogen-bond donors (Lipinski definition) is 3. The summed E-state index contributed by atoms with van der Waals surface area (Å²) in [7, 11) is 1.37. The molecular weight excluding hydrogens is 582 g/mol. The van der Waals surface area contributed by atoms with Crippen LogP contribution in [0, 0.1) is 11.7 Å². The third-order valence-corrected chi connectivity index (χ3v) is 8.93. The fourth-order valence-electron chi connectivity index (χ4n) is 6.36. The minimum absolute atomic E-state index is 0.0286. The number of benzene rings is 3. The summed E-state index contributed by atoms with van der Waals surface area (Å²) in [5, 5.41) is 13.0. The van der Waals surface area contributed by atoms with Crippen molar-refractivity contribution < 1.29 is 23.8 Å². The summed E-state index contributed by atoms with van der Waals surface area (Å²) >= 11 is 12.4. The molecule has 0 bridgehead atoms. The van der Waals surface area contributed by atoms with Crippen LogP contribution in [0.25, 0.3) is 0 Å². The van der Waals surface area contributed by atoms with Gasteiger partial charge in [0.15, 0.2) is 5.75 Å². The van der Waals surface area contributed by atoms with Crippen molar-refractivity contribution in [2.45, 2.75) is 43.3 Å². The number of nitrogens with zero attached hydrogens (tertiary/aromatic N) is 2. The van der Waals surface area contributed by atoms with Gasteiger partial charge < -0.3 is 20.9 Å². The highest BCUT2D eigenvalue weighted by molar-refractivity contribution is 6.31. The second kappa shape index (κ2) is 11.2. The van der Waals surface area contributed by atoms with Crippen LogP contribution in [0.15, 0.2) is 59.6 Å². The summed E-state index contributed by atoms with van der Waals surface area (Å²) < 4.78 is 21.0. The number of likely N-dealkylation sites (tertiary alicyclic amines) is 1. The Morgan fingerprint density at radius 1 is 1.17 bits per heavy atom. The molecule has 2 fully saturated rings. The fraction of sp³-hybridized carbons (Fsp3) is 0.323. The van der Waals surface area contributed by atoms with Crippen molar-refractivity contribution >= 4 is 52.2 Å². The molecule has 2 heterocycles. The van der Waals surface area contributed by atoms with E-state index in [1.165, 1.54) is 19.2 Å². The average Bonchev–Trinajstić information content (AvgIpc) is 3.59. The Morgan fingerprint density at radius 2 is 1.93 bits per heavy atom. The molecule has 0 aromatic heterocycles. The Morgan fingerprint density at radius 3 is 2.62 bits per heavy atom. The zero-order chi connectivity index (χ0) is 29.7. The van der Waals surface area contributed by atoms with Gasteiger partial charge in [-0.25, -0.2) is 9.18 Å². The Balaban J connectivity index is 1.45. The maximum Gasteiger partial charge on any atom is 0.339 e. The number of fused-ring (bicyclic) bond motifs is 1. The van der Waals surface area contributed by atoms with Gasteiger partial charge in [0.05, 0.1) is 29.9 Å². The van der Waals surface area contributed by atoms with Crippen LogP contribution in [0.4, 0.5) is 15.8 Å². The lowest BCUT2D eigenvalue weighted by Crippen LogP contribution is -2.46. The number of rotatable bonds is 8.